The van der Waals surface area contributed by atoms with Crippen LogP contribution in [-0.4, -0.2) is 37.5 Å². The summed E-state index contributed by atoms with van der Waals surface area (Å²) in [6.07, 6.45) is 0.648. The van der Waals surface area contributed by atoms with Gasteiger partial charge in [-0.1, -0.05) is 37.3 Å². The number of rotatable bonds is 6. The van der Waals surface area contributed by atoms with Crippen molar-refractivity contribution in [1.82, 2.24) is 10.2 Å². The Labute approximate surface area is 109 Å². The van der Waals surface area contributed by atoms with Crippen molar-refractivity contribution in [1.29, 1.82) is 0 Å². The third kappa shape index (κ3) is 4.47. The Morgan fingerprint density at radius 3 is 2.44 bits per heavy atom. The van der Waals surface area contributed by atoms with E-state index in [1.165, 1.54) is 0 Å². The summed E-state index contributed by atoms with van der Waals surface area (Å²) in [5.74, 6) is -0.0896. The summed E-state index contributed by atoms with van der Waals surface area (Å²) in [5.41, 5.74) is 6.85. The molecule has 1 rings (SSSR count). The average molecular weight is 249 g/mol. The van der Waals surface area contributed by atoms with E-state index in [1.54, 1.807) is 0 Å². The van der Waals surface area contributed by atoms with Gasteiger partial charge in [0.15, 0.2) is 0 Å². The van der Waals surface area contributed by atoms with E-state index in [1.807, 2.05) is 51.4 Å². The lowest BCUT2D eigenvalue weighted by atomic mass is 10.1. The number of benzene rings is 1. The fraction of sp³-hybridized carbons (Fsp3) is 0.500. The van der Waals surface area contributed by atoms with Crippen LogP contribution in [0.3, 0.4) is 0 Å². The van der Waals surface area contributed by atoms with Gasteiger partial charge in [-0.15, -0.1) is 0 Å². The molecular formula is C14H23N3O. The van der Waals surface area contributed by atoms with Gasteiger partial charge in [0, 0.05) is 6.54 Å². The highest BCUT2D eigenvalue weighted by atomic mass is 16.2. The standard InChI is InChI=1S/C14H23N3O/c1-4-12(15)14(18)16-13(10-17(2)3)11-8-6-5-7-9-11/h5-9,12-13H,4,10,15H2,1-3H3,(H,16,18). The second-order valence-electron chi connectivity index (χ2n) is 4.75. The Balaban J connectivity index is 2.77. The van der Waals surface area contributed by atoms with Gasteiger partial charge in [0.25, 0.3) is 0 Å². The first-order valence-corrected chi connectivity index (χ1v) is 6.30. The largest absolute Gasteiger partial charge is 0.347 e. The quantitative estimate of drug-likeness (QED) is 0.795. The first-order chi connectivity index (χ1) is 8.54. The van der Waals surface area contributed by atoms with Crippen LogP contribution in [0, 0.1) is 0 Å². The zero-order chi connectivity index (χ0) is 13.5. The first-order valence-electron chi connectivity index (χ1n) is 6.30. The van der Waals surface area contributed by atoms with Gasteiger partial charge < -0.3 is 16.0 Å². The fourth-order valence-corrected chi connectivity index (χ4v) is 1.75. The molecule has 0 bridgehead atoms. The van der Waals surface area contributed by atoms with E-state index in [2.05, 4.69) is 10.2 Å². The van der Waals surface area contributed by atoms with E-state index in [9.17, 15) is 4.79 Å². The van der Waals surface area contributed by atoms with Crippen molar-refractivity contribution < 1.29 is 4.79 Å². The Morgan fingerprint density at radius 1 is 1.33 bits per heavy atom. The molecule has 0 aliphatic carbocycles. The van der Waals surface area contributed by atoms with Crippen LogP contribution >= 0.6 is 0 Å². The van der Waals surface area contributed by atoms with Crippen molar-refractivity contribution in [3.8, 4) is 0 Å². The minimum Gasteiger partial charge on any atom is -0.347 e. The van der Waals surface area contributed by atoms with E-state index < -0.39 is 6.04 Å². The summed E-state index contributed by atoms with van der Waals surface area (Å²) < 4.78 is 0. The van der Waals surface area contributed by atoms with E-state index in [-0.39, 0.29) is 11.9 Å². The number of likely N-dealkylation sites (N-methyl/N-ethyl adjacent to an activating group) is 1. The molecule has 0 saturated heterocycles. The van der Waals surface area contributed by atoms with Crippen LogP contribution in [-0.2, 0) is 4.79 Å². The molecule has 0 spiro atoms. The molecule has 2 atom stereocenters. The minimum absolute atomic E-state index is 0.0219. The highest BCUT2D eigenvalue weighted by Crippen LogP contribution is 2.13. The molecule has 3 N–H and O–H groups in total. The molecule has 100 valence electrons. The number of nitrogens with one attached hydrogen (secondary N) is 1. The number of hydrogen-bond acceptors (Lipinski definition) is 3. The highest BCUT2D eigenvalue weighted by molar-refractivity contribution is 5.81. The first kappa shape index (κ1) is 14.7. The number of nitrogens with two attached hydrogens (primary N) is 1. The normalized spacial score (nSPS) is 14.3. The lowest BCUT2D eigenvalue weighted by Crippen LogP contribution is -2.44. The van der Waals surface area contributed by atoms with Gasteiger partial charge in [-0.05, 0) is 26.1 Å². The van der Waals surface area contributed by atoms with Crippen molar-refractivity contribution in [3.63, 3.8) is 0 Å². The molecule has 4 nitrogen and oxygen atoms in total. The van der Waals surface area contributed by atoms with Gasteiger partial charge in [0.05, 0.1) is 12.1 Å². The molecule has 0 aliphatic heterocycles. The van der Waals surface area contributed by atoms with E-state index in [0.717, 1.165) is 12.1 Å². The van der Waals surface area contributed by atoms with E-state index in [4.69, 9.17) is 5.73 Å². The maximum absolute atomic E-state index is 11.9. The van der Waals surface area contributed by atoms with Crippen LogP contribution in [0.1, 0.15) is 24.9 Å². The van der Waals surface area contributed by atoms with Gasteiger partial charge in [-0.2, -0.15) is 0 Å². The molecule has 1 amide bonds. The van der Waals surface area contributed by atoms with Crippen molar-refractivity contribution in [2.24, 2.45) is 5.73 Å². The second-order valence-corrected chi connectivity index (χ2v) is 4.75. The highest BCUT2D eigenvalue weighted by Gasteiger charge is 2.18. The third-order valence-corrected chi connectivity index (χ3v) is 2.84. The van der Waals surface area contributed by atoms with Gasteiger partial charge in [0.1, 0.15) is 0 Å². The maximum atomic E-state index is 11.9. The molecule has 0 radical (unpaired) electrons. The number of nitrogens with zero attached hydrogens (tertiary/aromatic N) is 1. The molecule has 0 heterocycles. The molecule has 4 heteroatoms. The predicted molar refractivity (Wildman–Crippen MR) is 74.1 cm³/mol. The summed E-state index contributed by atoms with van der Waals surface area (Å²) >= 11 is 0. The van der Waals surface area contributed by atoms with Crippen molar-refractivity contribution in [3.05, 3.63) is 35.9 Å². The number of carbonyl (C=O) groups excluding carboxylic acids is 1. The summed E-state index contributed by atoms with van der Waals surface area (Å²) in [7, 11) is 3.98. The van der Waals surface area contributed by atoms with Crippen LogP contribution in [0.5, 0.6) is 0 Å². The van der Waals surface area contributed by atoms with Crippen LogP contribution in [0.25, 0.3) is 0 Å². The van der Waals surface area contributed by atoms with Gasteiger partial charge >= 0.3 is 0 Å². The van der Waals surface area contributed by atoms with Crippen LogP contribution < -0.4 is 11.1 Å². The van der Waals surface area contributed by atoms with Gasteiger partial charge in [0.2, 0.25) is 5.91 Å². The fourth-order valence-electron chi connectivity index (χ4n) is 1.75. The molecule has 2 unspecified atom stereocenters. The SMILES string of the molecule is CCC(N)C(=O)NC(CN(C)C)c1ccccc1. The Kier molecular flexibility index (Phi) is 5.82. The van der Waals surface area contributed by atoms with Crippen molar-refractivity contribution >= 4 is 5.91 Å². The summed E-state index contributed by atoms with van der Waals surface area (Å²) in [6.45, 7) is 2.67. The molecule has 0 fully saturated rings. The zero-order valence-electron chi connectivity index (χ0n) is 11.4. The van der Waals surface area contributed by atoms with Crippen molar-refractivity contribution in [2.45, 2.75) is 25.4 Å². The number of hydrogen-bond donors (Lipinski definition) is 2. The zero-order valence-corrected chi connectivity index (χ0v) is 11.4. The molecule has 1 aromatic rings. The lowest BCUT2D eigenvalue weighted by molar-refractivity contribution is -0.123. The molecule has 0 aromatic heterocycles. The molecule has 0 aliphatic rings. The van der Waals surface area contributed by atoms with E-state index in [0.29, 0.717) is 6.42 Å². The van der Waals surface area contributed by atoms with E-state index >= 15 is 0 Å². The average Bonchev–Trinajstić information content (AvgIpc) is 2.37. The number of amides is 1. The van der Waals surface area contributed by atoms with Crippen LogP contribution in [0.4, 0.5) is 0 Å². The van der Waals surface area contributed by atoms with Crippen LogP contribution in [0.15, 0.2) is 30.3 Å². The second kappa shape index (κ2) is 7.13. The van der Waals surface area contributed by atoms with Gasteiger partial charge in [-0.3, -0.25) is 4.79 Å². The summed E-state index contributed by atoms with van der Waals surface area (Å²) in [6, 6.07) is 9.51. The van der Waals surface area contributed by atoms with Crippen LogP contribution in [0.2, 0.25) is 0 Å². The smallest absolute Gasteiger partial charge is 0.237 e. The topological polar surface area (TPSA) is 58.4 Å². The third-order valence-electron chi connectivity index (χ3n) is 2.84. The maximum Gasteiger partial charge on any atom is 0.237 e. The Bertz CT molecular complexity index is 365. The molecule has 1 aromatic carbocycles. The molecular weight excluding hydrogens is 226 g/mol. The summed E-state index contributed by atoms with van der Waals surface area (Å²) in [4.78, 5) is 13.9. The monoisotopic (exact) mass is 249 g/mol. The minimum atomic E-state index is -0.432. The summed E-state index contributed by atoms with van der Waals surface area (Å²) in [5, 5.41) is 3.01. The molecule has 18 heavy (non-hydrogen) atoms. The van der Waals surface area contributed by atoms with Gasteiger partial charge in [-0.25, -0.2) is 0 Å². The van der Waals surface area contributed by atoms with Crippen molar-refractivity contribution in [2.75, 3.05) is 20.6 Å². The Morgan fingerprint density at radius 2 is 1.94 bits per heavy atom. The molecule has 0 saturated carbocycles. The Hall–Kier alpha value is -1.39. The number of carbonyl (C=O) groups is 1. The predicted octanol–water partition coefficient (Wildman–Crippen LogP) is 1.14. The lowest BCUT2D eigenvalue weighted by Gasteiger charge is -2.24.